The van der Waals surface area contributed by atoms with E-state index in [4.69, 9.17) is 4.74 Å². The highest BCUT2D eigenvalue weighted by Gasteiger charge is 2.28. The second-order valence-electron chi connectivity index (χ2n) is 5.92. The molecule has 1 aliphatic carbocycles. The summed E-state index contributed by atoms with van der Waals surface area (Å²) in [5.41, 5.74) is 1.10. The van der Waals surface area contributed by atoms with Crippen molar-refractivity contribution in [1.29, 1.82) is 0 Å². The fourth-order valence-electron chi connectivity index (χ4n) is 3.28. The largest absolute Gasteiger partial charge is 0.453 e. The van der Waals surface area contributed by atoms with Crippen molar-refractivity contribution in [3.05, 3.63) is 35.9 Å². The Balaban J connectivity index is 2.14. The maximum Gasteiger partial charge on any atom is 0.409 e. The number of ether oxygens (including phenoxy) is 1. The molecule has 2 rings (SSSR count). The average molecular weight is 303 g/mol. The number of hydrogen-bond acceptors (Lipinski definition) is 3. The van der Waals surface area contributed by atoms with Gasteiger partial charge in [0.2, 0.25) is 0 Å². The molecule has 0 heterocycles. The lowest BCUT2D eigenvalue weighted by Gasteiger charge is -2.35. The number of carbonyl (C=O) groups excluding carboxylic acids is 2. The highest BCUT2D eigenvalue weighted by molar-refractivity contribution is 5.68. The molecule has 1 atom stereocenters. The second-order valence-corrected chi connectivity index (χ2v) is 5.92. The Hall–Kier alpha value is -1.84. The molecule has 0 saturated heterocycles. The molecular weight excluding hydrogens is 278 g/mol. The van der Waals surface area contributed by atoms with Gasteiger partial charge in [-0.3, -0.25) is 0 Å². The van der Waals surface area contributed by atoms with E-state index in [1.54, 1.807) is 0 Å². The molecule has 0 radical (unpaired) electrons. The first-order valence-corrected chi connectivity index (χ1v) is 8.09. The van der Waals surface area contributed by atoms with E-state index in [-0.39, 0.29) is 18.1 Å². The Bertz CT molecular complexity index is 468. The van der Waals surface area contributed by atoms with Crippen molar-refractivity contribution in [2.75, 3.05) is 13.7 Å². The van der Waals surface area contributed by atoms with Gasteiger partial charge in [-0.05, 0) is 18.4 Å². The molecule has 120 valence electrons. The first-order valence-electron chi connectivity index (χ1n) is 8.09. The van der Waals surface area contributed by atoms with Crippen LogP contribution in [0.1, 0.15) is 50.0 Å². The van der Waals surface area contributed by atoms with E-state index in [0.29, 0.717) is 13.0 Å². The molecule has 1 fully saturated rings. The molecule has 0 spiro atoms. The van der Waals surface area contributed by atoms with E-state index in [9.17, 15) is 9.59 Å². The predicted octanol–water partition coefficient (Wildman–Crippen LogP) is 3.76. The summed E-state index contributed by atoms with van der Waals surface area (Å²) < 4.78 is 4.98. The van der Waals surface area contributed by atoms with Gasteiger partial charge in [-0.15, -0.1) is 0 Å². The van der Waals surface area contributed by atoms with E-state index in [0.717, 1.165) is 37.5 Å². The van der Waals surface area contributed by atoms with Crippen molar-refractivity contribution in [2.24, 2.45) is 0 Å². The molecule has 22 heavy (non-hydrogen) atoms. The zero-order valence-electron chi connectivity index (χ0n) is 13.2. The monoisotopic (exact) mass is 303 g/mol. The lowest BCUT2D eigenvalue weighted by atomic mass is 9.91. The second kappa shape index (κ2) is 8.57. The summed E-state index contributed by atoms with van der Waals surface area (Å²) in [4.78, 5) is 25.1. The summed E-state index contributed by atoms with van der Waals surface area (Å²) in [5.74, 6) is 0.0275. The summed E-state index contributed by atoms with van der Waals surface area (Å²) in [6, 6.07) is 10.2. The van der Waals surface area contributed by atoms with Crippen molar-refractivity contribution >= 4 is 12.4 Å². The van der Waals surface area contributed by atoms with Crippen molar-refractivity contribution in [3.8, 4) is 0 Å². The standard InChI is InChI=1S/C18H25NO3/c1-22-18(21)19(17-10-6-3-7-11-17)14-16(12-13-20)15-8-4-2-5-9-15/h2,4-5,8-9,13,16-17H,3,6-7,10-12,14H2,1H3. The third-order valence-electron chi connectivity index (χ3n) is 4.49. The molecule has 4 nitrogen and oxygen atoms in total. The normalized spacial score (nSPS) is 16.8. The van der Waals surface area contributed by atoms with Crippen LogP contribution in [0.3, 0.4) is 0 Å². The molecule has 1 unspecified atom stereocenters. The number of amides is 1. The van der Waals surface area contributed by atoms with Crippen LogP contribution in [0.5, 0.6) is 0 Å². The Labute approximate surface area is 132 Å². The molecule has 0 aromatic heterocycles. The van der Waals surface area contributed by atoms with Gasteiger partial charge in [0.05, 0.1) is 7.11 Å². The first kappa shape index (κ1) is 16.5. The SMILES string of the molecule is COC(=O)N(CC(CC=O)c1ccccc1)C1CCCCC1. The van der Waals surface area contributed by atoms with Crippen LogP contribution in [0.2, 0.25) is 0 Å². The summed E-state index contributed by atoms with van der Waals surface area (Å²) >= 11 is 0. The lowest BCUT2D eigenvalue weighted by molar-refractivity contribution is -0.108. The van der Waals surface area contributed by atoms with Crippen LogP contribution >= 0.6 is 0 Å². The van der Waals surface area contributed by atoms with Gasteiger partial charge in [0, 0.05) is 24.9 Å². The third kappa shape index (κ3) is 4.33. The molecule has 1 aliphatic rings. The van der Waals surface area contributed by atoms with Crippen LogP contribution in [0.15, 0.2) is 30.3 Å². The average Bonchev–Trinajstić information content (AvgIpc) is 2.59. The molecule has 1 aromatic carbocycles. The van der Waals surface area contributed by atoms with Gasteiger partial charge in [-0.2, -0.15) is 0 Å². The topological polar surface area (TPSA) is 46.6 Å². The number of carbonyl (C=O) groups is 2. The zero-order valence-corrected chi connectivity index (χ0v) is 13.2. The van der Waals surface area contributed by atoms with Crippen LogP contribution in [-0.2, 0) is 9.53 Å². The number of benzene rings is 1. The highest BCUT2D eigenvalue weighted by atomic mass is 16.5. The Morgan fingerprint density at radius 2 is 1.95 bits per heavy atom. The first-order chi connectivity index (χ1) is 10.8. The third-order valence-corrected chi connectivity index (χ3v) is 4.49. The number of rotatable bonds is 6. The molecule has 1 amide bonds. The van der Waals surface area contributed by atoms with Crippen LogP contribution < -0.4 is 0 Å². The van der Waals surface area contributed by atoms with Crippen LogP contribution in [-0.4, -0.2) is 37.0 Å². The molecule has 4 heteroatoms. The molecule has 0 aliphatic heterocycles. The van der Waals surface area contributed by atoms with E-state index in [1.165, 1.54) is 13.5 Å². The van der Waals surface area contributed by atoms with Gasteiger partial charge >= 0.3 is 6.09 Å². The van der Waals surface area contributed by atoms with E-state index in [1.807, 2.05) is 35.2 Å². The minimum Gasteiger partial charge on any atom is -0.453 e. The summed E-state index contributed by atoms with van der Waals surface area (Å²) in [6.45, 7) is 0.542. The maximum atomic E-state index is 12.2. The fraction of sp³-hybridized carbons (Fsp3) is 0.556. The Morgan fingerprint density at radius 3 is 2.55 bits per heavy atom. The number of nitrogens with zero attached hydrogens (tertiary/aromatic N) is 1. The molecular formula is C18H25NO3. The minimum atomic E-state index is -0.279. The summed E-state index contributed by atoms with van der Waals surface area (Å²) in [7, 11) is 1.43. The highest BCUT2D eigenvalue weighted by Crippen LogP contribution is 2.27. The Kier molecular flexibility index (Phi) is 6.44. The maximum absolute atomic E-state index is 12.2. The minimum absolute atomic E-state index is 0.0275. The summed E-state index contributed by atoms with van der Waals surface area (Å²) in [5, 5.41) is 0. The molecule has 0 N–H and O–H groups in total. The van der Waals surface area contributed by atoms with Crippen molar-refractivity contribution in [3.63, 3.8) is 0 Å². The quantitative estimate of drug-likeness (QED) is 0.752. The van der Waals surface area contributed by atoms with Gasteiger partial charge in [0.25, 0.3) is 0 Å². The van der Waals surface area contributed by atoms with Crippen LogP contribution in [0.4, 0.5) is 4.79 Å². The van der Waals surface area contributed by atoms with Gasteiger partial charge in [0.1, 0.15) is 6.29 Å². The number of hydrogen-bond donors (Lipinski definition) is 0. The number of aldehydes is 1. The van der Waals surface area contributed by atoms with E-state index < -0.39 is 0 Å². The molecule has 1 aromatic rings. The smallest absolute Gasteiger partial charge is 0.409 e. The van der Waals surface area contributed by atoms with Crippen molar-refractivity contribution < 1.29 is 14.3 Å². The Morgan fingerprint density at radius 1 is 1.27 bits per heavy atom. The zero-order chi connectivity index (χ0) is 15.8. The molecule has 1 saturated carbocycles. The lowest BCUT2D eigenvalue weighted by Crippen LogP contribution is -2.43. The van der Waals surface area contributed by atoms with Crippen LogP contribution in [0.25, 0.3) is 0 Å². The van der Waals surface area contributed by atoms with Gasteiger partial charge in [-0.1, -0.05) is 49.6 Å². The summed E-state index contributed by atoms with van der Waals surface area (Å²) in [6.07, 6.45) is 6.68. The number of methoxy groups -OCH3 is 1. The predicted molar refractivity (Wildman–Crippen MR) is 85.8 cm³/mol. The van der Waals surface area contributed by atoms with E-state index in [2.05, 4.69) is 0 Å². The van der Waals surface area contributed by atoms with Gasteiger partial charge in [0.15, 0.2) is 0 Å². The van der Waals surface area contributed by atoms with Crippen molar-refractivity contribution in [2.45, 2.75) is 50.5 Å². The van der Waals surface area contributed by atoms with E-state index >= 15 is 0 Å². The van der Waals surface area contributed by atoms with Crippen molar-refractivity contribution in [1.82, 2.24) is 4.90 Å². The van der Waals surface area contributed by atoms with Crippen LogP contribution in [0, 0.1) is 0 Å². The fourth-order valence-corrected chi connectivity index (χ4v) is 3.28. The van der Waals surface area contributed by atoms with Gasteiger partial charge in [-0.25, -0.2) is 4.79 Å². The van der Waals surface area contributed by atoms with Gasteiger partial charge < -0.3 is 14.4 Å². The molecule has 0 bridgehead atoms.